The van der Waals surface area contributed by atoms with E-state index in [1.54, 1.807) is 19.4 Å². The average molecular weight is 433 g/mol. The molecule has 1 heterocycles. The molecule has 0 saturated heterocycles. The standard InChI is InChI=1S/C15H17ClN4O.HI/c1-21-10-12-4-2-3-5-13(12)20-15(17)19-9-11-6-7-14(16)18-8-11;/h2-8H,9-10H2,1H3,(H3,17,19,20);1H. The van der Waals surface area contributed by atoms with Crippen molar-refractivity contribution in [3.05, 3.63) is 58.9 Å². The van der Waals surface area contributed by atoms with Crippen LogP contribution < -0.4 is 11.1 Å². The fraction of sp³-hybridized carbons (Fsp3) is 0.200. The number of pyridine rings is 1. The Morgan fingerprint density at radius 3 is 2.77 bits per heavy atom. The largest absolute Gasteiger partial charge is 0.380 e. The van der Waals surface area contributed by atoms with Crippen LogP contribution in [0.15, 0.2) is 47.6 Å². The van der Waals surface area contributed by atoms with Crippen molar-refractivity contribution in [3.8, 4) is 0 Å². The average Bonchev–Trinajstić information content (AvgIpc) is 2.49. The lowest BCUT2D eigenvalue weighted by molar-refractivity contribution is 0.185. The normalized spacial score (nSPS) is 10.9. The van der Waals surface area contributed by atoms with Gasteiger partial charge in [0.2, 0.25) is 0 Å². The topological polar surface area (TPSA) is 72.5 Å². The molecule has 0 unspecified atom stereocenters. The molecule has 5 nitrogen and oxygen atoms in total. The van der Waals surface area contributed by atoms with Gasteiger partial charge >= 0.3 is 0 Å². The Morgan fingerprint density at radius 1 is 1.32 bits per heavy atom. The van der Waals surface area contributed by atoms with Crippen LogP contribution in [-0.4, -0.2) is 18.1 Å². The van der Waals surface area contributed by atoms with E-state index in [0.29, 0.717) is 24.3 Å². The van der Waals surface area contributed by atoms with Crippen molar-refractivity contribution in [2.45, 2.75) is 13.2 Å². The van der Waals surface area contributed by atoms with Gasteiger partial charge in [0.05, 0.1) is 13.2 Å². The van der Waals surface area contributed by atoms with E-state index >= 15 is 0 Å². The second-order valence-electron chi connectivity index (χ2n) is 4.41. The number of hydrogen-bond acceptors (Lipinski definition) is 3. The molecule has 2 rings (SSSR count). The maximum absolute atomic E-state index is 5.90. The van der Waals surface area contributed by atoms with Crippen molar-refractivity contribution in [2.75, 3.05) is 12.4 Å². The summed E-state index contributed by atoms with van der Waals surface area (Å²) in [5.41, 5.74) is 8.74. The third kappa shape index (κ3) is 5.78. The molecular weight excluding hydrogens is 415 g/mol. The van der Waals surface area contributed by atoms with Crippen LogP contribution in [0.4, 0.5) is 5.69 Å². The maximum Gasteiger partial charge on any atom is 0.193 e. The van der Waals surface area contributed by atoms with Crippen molar-refractivity contribution in [1.82, 2.24) is 4.98 Å². The number of halogens is 2. The Morgan fingerprint density at radius 2 is 2.09 bits per heavy atom. The molecule has 0 bridgehead atoms. The quantitative estimate of drug-likeness (QED) is 0.329. The number of aliphatic imine (C=N–C) groups is 1. The molecule has 0 saturated carbocycles. The van der Waals surface area contributed by atoms with E-state index in [1.165, 1.54) is 0 Å². The summed E-state index contributed by atoms with van der Waals surface area (Å²) in [6.07, 6.45) is 1.68. The van der Waals surface area contributed by atoms with Gasteiger partial charge < -0.3 is 15.8 Å². The number of nitrogens with two attached hydrogens (primary N) is 1. The molecule has 0 radical (unpaired) electrons. The zero-order valence-corrected chi connectivity index (χ0v) is 15.2. The number of aromatic nitrogens is 1. The molecule has 7 heteroatoms. The minimum atomic E-state index is 0. The zero-order valence-electron chi connectivity index (χ0n) is 12.1. The molecule has 3 N–H and O–H groups in total. The van der Waals surface area contributed by atoms with Crippen molar-refractivity contribution in [1.29, 1.82) is 0 Å². The third-order valence-corrected chi connectivity index (χ3v) is 3.02. The molecule has 2 aromatic rings. The Balaban J connectivity index is 0.00000242. The molecule has 0 aliphatic rings. The van der Waals surface area contributed by atoms with Gasteiger partial charge in [0, 0.05) is 24.6 Å². The summed E-state index contributed by atoms with van der Waals surface area (Å²) in [6.45, 7) is 0.951. The monoisotopic (exact) mass is 432 g/mol. The molecule has 22 heavy (non-hydrogen) atoms. The van der Waals surface area contributed by atoms with E-state index in [0.717, 1.165) is 16.8 Å². The van der Waals surface area contributed by atoms with E-state index in [2.05, 4.69) is 15.3 Å². The first-order chi connectivity index (χ1) is 10.2. The number of hydrogen-bond donors (Lipinski definition) is 2. The molecule has 0 fully saturated rings. The van der Waals surface area contributed by atoms with Crippen molar-refractivity contribution < 1.29 is 4.74 Å². The van der Waals surface area contributed by atoms with Gasteiger partial charge in [-0.15, -0.1) is 24.0 Å². The molecule has 118 valence electrons. The summed E-state index contributed by atoms with van der Waals surface area (Å²) in [7, 11) is 1.65. The molecule has 0 amide bonds. The number of guanidine groups is 1. The van der Waals surface area contributed by atoms with Gasteiger partial charge in [-0.1, -0.05) is 35.9 Å². The number of benzene rings is 1. The predicted molar refractivity (Wildman–Crippen MR) is 101 cm³/mol. The number of anilines is 1. The Kier molecular flexibility index (Phi) is 8.15. The van der Waals surface area contributed by atoms with E-state index in [-0.39, 0.29) is 24.0 Å². The van der Waals surface area contributed by atoms with Gasteiger partial charge in [-0.2, -0.15) is 0 Å². The van der Waals surface area contributed by atoms with Crippen LogP contribution in [0.1, 0.15) is 11.1 Å². The van der Waals surface area contributed by atoms with Gasteiger partial charge in [-0.3, -0.25) is 0 Å². The van der Waals surface area contributed by atoms with Gasteiger partial charge in [0.1, 0.15) is 5.15 Å². The predicted octanol–water partition coefficient (Wildman–Crippen LogP) is 3.43. The van der Waals surface area contributed by atoms with Crippen LogP contribution in [-0.2, 0) is 17.9 Å². The van der Waals surface area contributed by atoms with Crippen molar-refractivity contribution >= 4 is 47.2 Å². The Bertz CT molecular complexity index is 619. The molecule has 0 atom stereocenters. The first-order valence-corrected chi connectivity index (χ1v) is 6.81. The smallest absolute Gasteiger partial charge is 0.193 e. The minimum Gasteiger partial charge on any atom is -0.380 e. The van der Waals surface area contributed by atoms with Crippen LogP contribution >= 0.6 is 35.6 Å². The molecule has 1 aromatic heterocycles. The van der Waals surface area contributed by atoms with Gasteiger partial charge in [-0.05, 0) is 17.7 Å². The lowest BCUT2D eigenvalue weighted by atomic mass is 10.2. The van der Waals surface area contributed by atoms with Gasteiger partial charge in [0.15, 0.2) is 5.96 Å². The number of nitrogens with one attached hydrogen (secondary N) is 1. The van der Waals surface area contributed by atoms with Gasteiger partial charge in [-0.25, -0.2) is 9.98 Å². The van der Waals surface area contributed by atoms with Crippen LogP contribution in [0.25, 0.3) is 0 Å². The number of methoxy groups -OCH3 is 1. The number of rotatable bonds is 5. The number of para-hydroxylation sites is 1. The Labute approximate surface area is 152 Å². The number of nitrogens with zero attached hydrogens (tertiary/aromatic N) is 2. The first-order valence-electron chi connectivity index (χ1n) is 6.43. The van der Waals surface area contributed by atoms with Crippen LogP contribution in [0, 0.1) is 0 Å². The summed E-state index contributed by atoms with van der Waals surface area (Å²) in [6, 6.07) is 11.4. The Hall–Kier alpha value is -1.38. The molecule has 0 aliphatic heterocycles. The van der Waals surface area contributed by atoms with Crippen molar-refractivity contribution in [3.63, 3.8) is 0 Å². The third-order valence-electron chi connectivity index (χ3n) is 2.80. The van der Waals surface area contributed by atoms with Gasteiger partial charge in [0.25, 0.3) is 0 Å². The SMILES string of the molecule is COCc1ccccc1NC(N)=NCc1ccc(Cl)nc1.I. The highest BCUT2D eigenvalue weighted by Gasteiger charge is 2.02. The van der Waals surface area contributed by atoms with E-state index < -0.39 is 0 Å². The number of ether oxygens (including phenoxy) is 1. The van der Waals surface area contributed by atoms with E-state index in [4.69, 9.17) is 22.1 Å². The first kappa shape index (κ1) is 18.7. The summed E-state index contributed by atoms with van der Waals surface area (Å²) in [5, 5.41) is 3.54. The second-order valence-corrected chi connectivity index (χ2v) is 4.79. The summed E-state index contributed by atoms with van der Waals surface area (Å²) >= 11 is 5.73. The lowest BCUT2D eigenvalue weighted by Crippen LogP contribution is -2.23. The fourth-order valence-corrected chi connectivity index (χ4v) is 1.89. The fourth-order valence-electron chi connectivity index (χ4n) is 1.78. The summed E-state index contributed by atoms with van der Waals surface area (Å²) in [5.74, 6) is 0.341. The highest BCUT2D eigenvalue weighted by atomic mass is 127. The zero-order chi connectivity index (χ0) is 15.1. The molecule has 0 aliphatic carbocycles. The van der Waals surface area contributed by atoms with Crippen LogP contribution in [0.5, 0.6) is 0 Å². The molecule has 0 spiro atoms. The minimum absolute atomic E-state index is 0. The highest BCUT2D eigenvalue weighted by molar-refractivity contribution is 14.0. The van der Waals surface area contributed by atoms with Crippen molar-refractivity contribution in [2.24, 2.45) is 10.7 Å². The molecular formula is C15H18ClIN4O. The highest BCUT2D eigenvalue weighted by Crippen LogP contribution is 2.15. The lowest BCUT2D eigenvalue weighted by Gasteiger charge is -2.10. The molecule has 1 aromatic carbocycles. The maximum atomic E-state index is 5.90. The van der Waals surface area contributed by atoms with E-state index in [1.807, 2.05) is 30.3 Å². The summed E-state index contributed by atoms with van der Waals surface area (Å²) < 4.78 is 5.15. The van der Waals surface area contributed by atoms with Crippen LogP contribution in [0.2, 0.25) is 5.15 Å². The summed E-state index contributed by atoms with van der Waals surface area (Å²) in [4.78, 5) is 8.28. The second kappa shape index (κ2) is 9.60. The van der Waals surface area contributed by atoms with Crippen LogP contribution in [0.3, 0.4) is 0 Å². The van der Waals surface area contributed by atoms with E-state index in [9.17, 15) is 0 Å².